The third-order valence-electron chi connectivity index (χ3n) is 6.48. The Labute approximate surface area is 185 Å². The Morgan fingerprint density at radius 2 is 1.65 bits per heavy atom. The van der Waals surface area contributed by atoms with E-state index in [1.165, 1.54) is 5.56 Å². The predicted octanol–water partition coefficient (Wildman–Crippen LogP) is 2.46. The number of likely N-dealkylation sites (N-methyl/N-ethyl adjacent to an activating group) is 1. The molecule has 7 nitrogen and oxygen atoms in total. The van der Waals surface area contributed by atoms with Crippen molar-refractivity contribution in [3.63, 3.8) is 0 Å². The SMILES string of the molecule is CCN1CCN(c2ccc(N3CCC[C@H](C(=O)NCc4ccc(C)cc4)C3)nn2)CC1. The van der Waals surface area contributed by atoms with Gasteiger partial charge in [-0.3, -0.25) is 4.79 Å². The number of hydrogen-bond donors (Lipinski definition) is 1. The van der Waals surface area contributed by atoms with Crippen LogP contribution in [0.2, 0.25) is 0 Å². The molecule has 1 atom stereocenters. The number of piperidine rings is 1. The zero-order valence-corrected chi connectivity index (χ0v) is 18.8. The van der Waals surface area contributed by atoms with Crippen molar-refractivity contribution in [2.75, 3.05) is 55.6 Å². The lowest BCUT2D eigenvalue weighted by Gasteiger charge is -2.35. The molecule has 31 heavy (non-hydrogen) atoms. The summed E-state index contributed by atoms with van der Waals surface area (Å²) < 4.78 is 0. The number of nitrogens with one attached hydrogen (secondary N) is 1. The smallest absolute Gasteiger partial charge is 0.225 e. The van der Waals surface area contributed by atoms with Gasteiger partial charge in [-0.05, 0) is 44.0 Å². The van der Waals surface area contributed by atoms with Gasteiger partial charge in [0.15, 0.2) is 11.6 Å². The molecule has 4 rings (SSSR count). The Bertz CT molecular complexity index is 845. The van der Waals surface area contributed by atoms with Crippen LogP contribution in [0.15, 0.2) is 36.4 Å². The van der Waals surface area contributed by atoms with E-state index in [2.05, 4.69) is 80.5 Å². The third-order valence-corrected chi connectivity index (χ3v) is 6.48. The van der Waals surface area contributed by atoms with Gasteiger partial charge in [0.25, 0.3) is 0 Å². The molecule has 166 valence electrons. The highest BCUT2D eigenvalue weighted by Gasteiger charge is 2.27. The molecule has 3 heterocycles. The summed E-state index contributed by atoms with van der Waals surface area (Å²) >= 11 is 0. The number of nitrogens with zero attached hydrogens (tertiary/aromatic N) is 5. The second-order valence-corrected chi connectivity index (χ2v) is 8.66. The standard InChI is InChI=1S/C24H34N6O/c1-3-28-13-15-29(16-14-28)22-10-11-23(27-26-22)30-12-4-5-21(18-30)24(31)25-17-20-8-6-19(2)7-9-20/h6-11,21H,3-5,12-18H2,1-2H3,(H,25,31)/t21-/m0/s1. The van der Waals surface area contributed by atoms with Crippen LogP contribution in [-0.2, 0) is 11.3 Å². The summed E-state index contributed by atoms with van der Waals surface area (Å²) in [6, 6.07) is 12.4. The van der Waals surface area contributed by atoms with Gasteiger partial charge in [0, 0.05) is 45.8 Å². The van der Waals surface area contributed by atoms with Crippen molar-refractivity contribution < 1.29 is 4.79 Å². The molecule has 0 radical (unpaired) electrons. The molecule has 0 unspecified atom stereocenters. The van der Waals surface area contributed by atoms with Crippen molar-refractivity contribution in [1.82, 2.24) is 20.4 Å². The first-order chi connectivity index (χ1) is 15.1. The Morgan fingerprint density at radius 1 is 0.968 bits per heavy atom. The molecule has 7 heteroatoms. The number of piperazine rings is 1. The van der Waals surface area contributed by atoms with Crippen LogP contribution in [0.1, 0.15) is 30.9 Å². The summed E-state index contributed by atoms with van der Waals surface area (Å²) in [5.41, 5.74) is 2.36. The van der Waals surface area contributed by atoms with E-state index in [-0.39, 0.29) is 11.8 Å². The normalized spacial score (nSPS) is 20.0. The number of aromatic nitrogens is 2. The molecular formula is C24H34N6O. The van der Waals surface area contributed by atoms with Gasteiger partial charge in [-0.1, -0.05) is 36.8 Å². The molecule has 2 aliphatic heterocycles. The minimum absolute atomic E-state index is 0.0113. The van der Waals surface area contributed by atoms with E-state index in [0.29, 0.717) is 13.1 Å². The van der Waals surface area contributed by atoms with E-state index in [0.717, 1.165) is 69.3 Å². The van der Waals surface area contributed by atoms with Crippen molar-refractivity contribution in [2.24, 2.45) is 5.92 Å². The summed E-state index contributed by atoms with van der Waals surface area (Å²) in [6.45, 7) is 11.7. The zero-order valence-electron chi connectivity index (χ0n) is 18.8. The summed E-state index contributed by atoms with van der Waals surface area (Å²) in [4.78, 5) is 19.7. The maximum absolute atomic E-state index is 12.7. The molecular weight excluding hydrogens is 388 g/mol. The lowest BCUT2D eigenvalue weighted by Crippen LogP contribution is -2.46. The highest BCUT2D eigenvalue weighted by molar-refractivity contribution is 5.79. The number of hydrogen-bond acceptors (Lipinski definition) is 6. The van der Waals surface area contributed by atoms with E-state index in [1.807, 2.05) is 0 Å². The Hall–Kier alpha value is -2.67. The molecule has 0 saturated carbocycles. The van der Waals surface area contributed by atoms with Crippen LogP contribution in [-0.4, -0.2) is 66.8 Å². The number of carbonyl (C=O) groups is 1. The Morgan fingerprint density at radius 3 is 2.29 bits per heavy atom. The second-order valence-electron chi connectivity index (χ2n) is 8.66. The lowest BCUT2D eigenvalue weighted by molar-refractivity contribution is -0.125. The van der Waals surface area contributed by atoms with Gasteiger partial charge in [-0.2, -0.15) is 0 Å². The fraction of sp³-hybridized carbons (Fsp3) is 0.542. The molecule has 0 aliphatic carbocycles. The quantitative estimate of drug-likeness (QED) is 0.772. The van der Waals surface area contributed by atoms with Gasteiger partial charge in [-0.15, -0.1) is 10.2 Å². The summed E-state index contributed by atoms with van der Waals surface area (Å²) in [7, 11) is 0. The molecule has 2 fully saturated rings. The van der Waals surface area contributed by atoms with Crippen molar-refractivity contribution in [2.45, 2.75) is 33.2 Å². The first kappa shape index (κ1) is 21.6. The number of benzene rings is 1. The number of carbonyl (C=O) groups excluding carboxylic acids is 1. The molecule has 2 saturated heterocycles. The maximum Gasteiger partial charge on any atom is 0.225 e. The second kappa shape index (κ2) is 10.1. The van der Waals surface area contributed by atoms with E-state index in [9.17, 15) is 4.79 Å². The van der Waals surface area contributed by atoms with Gasteiger partial charge in [-0.25, -0.2) is 0 Å². The van der Waals surface area contributed by atoms with E-state index >= 15 is 0 Å². The summed E-state index contributed by atoms with van der Waals surface area (Å²) in [5.74, 6) is 1.93. The molecule has 0 spiro atoms. The van der Waals surface area contributed by atoms with E-state index < -0.39 is 0 Å². The van der Waals surface area contributed by atoms with Gasteiger partial charge >= 0.3 is 0 Å². The summed E-state index contributed by atoms with van der Waals surface area (Å²) in [5, 5.41) is 12.1. The average Bonchev–Trinajstić information content (AvgIpc) is 2.84. The Balaban J connectivity index is 1.30. The molecule has 0 bridgehead atoms. The number of aryl methyl sites for hydroxylation is 1. The van der Waals surface area contributed by atoms with E-state index in [1.54, 1.807) is 0 Å². The number of anilines is 2. The van der Waals surface area contributed by atoms with E-state index in [4.69, 9.17) is 0 Å². The average molecular weight is 423 g/mol. The fourth-order valence-corrected chi connectivity index (χ4v) is 4.39. The monoisotopic (exact) mass is 422 g/mol. The molecule has 1 aromatic heterocycles. The first-order valence-corrected chi connectivity index (χ1v) is 11.5. The van der Waals surface area contributed by atoms with Crippen LogP contribution in [0.5, 0.6) is 0 Å². The fourth-order valence-electron chi connectivity index (χ4n) is 4.39. The minimum atomic E-state index is -0.0113. The molecule has 2 aromatic rings. The third kappa shape index (κ3) is 5.53. The lowest BCUT2D eigenvalue weighted by atomic mass is 9.97. The van der Waals surface area contributed by atoms with Gasteiger partial charge < -0.3 is 20.0 Å². The van der Waals surface area contributed by atoms with Crippen LogP contribution in [0.3, 0.4) is 0 Å². The first-order valence-electron chi connectivity index (χ1n) is 11.5. The van der Waals surface area contributed by atoms with Crippen molar-refractivity contribution >= 4 is 17.5 Å². The van der Waals surface area contributed by atoms with Gasteiger partial charge in [0.05, 0.1) is 5.92 Å². The van der Waals surface area contributed by atoms with Crippen molar-refractivity contribution in [1.29, 1.82) is 0 Å². The molecule has 2 aliphatic rings. The van der Waals surface area contributed by atoms with Gasteiger partial charge in [0.2, 0.25) is 5.91 Å². The maximum atomic E-state index is 12.7. The highest BCUT2D eigenvalue weighted by atomic mass is 16.1. The van der Waals surface area contributed by atoms with Crippen molar-refractivity contribution in [3.8, 4) is 0 Å². The summed E-state index contributed by atoms with van der Waals surface area (Å²) in [6.07, 6.45) is 1.91. The minimum Gasteiger partial charge on any atom is -0.354 e. The predicted molar refractivity (Wildman–Crippen MR) is 124 cm³/mol. The molecule has 1 amide bonds. The van der Waals surface area contributed by atoms with Crippen LogP contribution in [0.25, 0.3) is 0 Å². The van der Waals surface area contributed by atoms with Crippen LogP contribution in [0.4, 0.5) is 11.6 Å². The highest BCUT2D eigenvalue weighted by Crippen LogP contribution is 2.23. The number of amides is 1. The topological polar surface area (TPSA) is 64.6 Å². The van der Waals surface area contributed by atoms with Crippen LogP contribution < -0.4 is 15.1 Å². The van der Waals surface area contributed by atoms with Crippen LogP contribution >= 0.6 is 0 Å². The molecule has 1 aromatic carbocycles. The Kier molecular flexibility index (Phi) is 7.02. The molecule has 1 N–H and O–H groups in total. The van der Waals surface area contributed by atoms with Crippen molar-refractivity contribution in [3.05, 3.63) is 47.5 Å². The zero-order chi connectivity index (χ0) is 21.6. The largest absolute Gasteiger partial charge is 0.354 e. The number of rotatable bonds is 6. The van der Waals surface area contributed by atoms with Gasteiger partial charge in [0.1, 0.15) is 0 Å². The van der Waals surface area contributed by atoms with Crippen LogP contribution in [0, 0.1) is 12.8 Å².